The van der Waals surface area contributed by atoms with Gasteiger partial charge in [0.05, 0.1) is 24.9 Å². The van der Waals surface area contributed by atoms with E-state index in [2.05, 4.69) is 10.5 Å². The quantitative estimate of drug-likeness (QED) is 0.611. The van der Waals surface area contributed by atoms with Gasteiger partial charge in [0, 0.05) is 13.3 Å². The summed E-state index contributed by atoms with van der Waals surface area (Å²) in [6.07, 6.45) is 1.78. The van der Waals surface area contributed by atoms with Crippen molar-refractivity contribution in [3.05, 3.63) is 66.0 Å². The Balaban J connectivity index is 2.10. The van der Waals surface area contributed by atoms with E-state index < -0.39 is 0 Å². The molecule has 1 aromatic heterocycles. The van der Waals surface area contributed by atoms with Crippen LogP contribution in [0.1, 0.15) is 17.3 Å². The van der Waals surface area contributed by atoms with E-state index in [0.717, 1.165) is 11.3 Å². The van der Waals surface area contributed by atoms with Crippen LogP contribution in [0.2, 0.25) is 0 Å². The summed E-state index contributed by atoms with van der Waals surface area (Å²) in [7, 11) is 1.65. The van der Waals surface area contributed by atoms with Crippen LogP contribution < -0.4 is 5.48 Å². The molecule has 1 aromatic carbocycles. The number of methoxy groups -OCH3 is 1. The topological polar surface area (TPSA) is 43.4 Å². The zero-order chi connectivity index (χ0) is 13.3. The van der Waals surface area contributed by atoms with E-state index in [0.29, 0.717) is 13.2 Å². The van der Waals surface area contributed by atoms with Crippen LogP contribution in [0.3, 0.4) is 0 Å². The van der Waals surface area contributed by atoms with Crippen molar-refractivity contribution in [2.75, 3.05) is 20.3 Å². The highest BCUT2D eigenvalue weighted by atomic mass is 16.7. The van der Waals surface area contributed by atoms with Gasteiger partial charge in [0.2, 0.25) is 0 Å². The Kier molecular flexibility index (Phi) is 5.49. The molecule has 0 radical (unpaired) electrons. The summed E-state index contributed by atoms with van der Waals surface area (Å²) in [5.41, 5.74) is 5.08. The number of rotatable bonds is 7. The first-order chi connectivity index (χ1) is 9.42. The van der Waals surface area contributed by atoms with Gasteiger partial charge < -0.3 is 4.74 Å². The molecule has 0 aliphatic heterocycles. The van der Waals surface area contributed by atoms with Gasteiger partial charge in [-0.15, -0.1) is 0 Å². The summed E-state index contributed by atoms with van der Waals surface area (Å²) >= 11 is 0. The molecule has 4 nitrogen and oxygen atoms in total. The molecule has 0 amide bonds. The molecule has 2 rings (SSSR count). The van der Waals surface area contributed by atoms with Crippen molar-refractivity contribution in [1.29, 1.82) is 0 Å². The highest BCUT2D eigenvalue weighted by molar-refractivity contribution is 5.26. The summed E-state index contributed by atoms with van der Waals surface area (Å²) in [4.78, 5) is 9.81. The standard InChI is InChI=1S/C15H18N2O2/c1-18-11-12-19-17-15(13-7-3-2-4-8-13)14-9-5-6-10-16-14/h2-10,15,17H,11-12H2,1H3. The third-order valence-corrected chi connectivity index (χ3v) is 2.71. The largest absolute Gasteiger partial charge is 0.382 e. The molecule has 1 heterocycles. The van der Waals surface area contributed by atoms with E-state index >= 15 is 0 Å². The second-order valence-corrected chi connectivity index (χ2v) is 4.06. The van der Waals surface area contributed by atoms with E-state index in [-0.39, 0.29) is 6.04 Å². The third-order valence-electron chi connectivity index (χ3n) is 2.71. The number of ether oxygens (including phenoxy) is 1. The Morgan fingerprint density at radius 1 is 1.05 bits per heavy atom. The Labute approximate surface area is 113 Å². The number of hydrogen-bond acceptors (Lipinski definition) is 4. The molecule has 0 spiro atoms. The maximum atomic E-state index is 5.43. The normalized spacial score (nSPS) is 12.3. The number of nitrogens with zero attached hydrogens (tertiary/aromatic N) is 1. The zero-order valence-corrected chi connectivity index (χ0v) is 11.0. The van der Waals surface area contributed by atoms with Crippen LogP contribution in [-0.2, 0) is 9.57 Å². The first-order valence-corrected chi connectivity index (χ1v) is 6.24. The van der Waals surface area contributed by atoms with Crippen molar-refractivity contribution in [3.63, 3.8) is 0 Å². The fourth-order valence-corrected chi connectivity index (χ4v) is 1.76. The first kappa shape index (κ1) is 13.7. The van der Waals surface area contributed by atoms with Crippen LogP contribution in [-0.4, -0.2) is 25.3 Å². The van der Waals surface area contributed by atoms with Crippen LogP contribution in [0.25, 0.3) is 0 Å². The number of pyridine rings is 1. The van der Waals surface area contributed by atoms with Crippen LogP contribution >= 0.6 is 0 Å². The molecule has 0 saturated heterocycles. The highest BCUT2D eigenvalue weighted by Crippen LogP contribution is 2.19. The summed E-state index contributed by atoms with van der Waals surface area (Å²) < 4.78 is 4.95. The van der Waals surface area contributed by atoms with Gasteiger partial charge in [-0.1, -0.05) is 36.4 Å². The molecule has 0 bridgehead atoms. The Morgan fingerprint density at radius 2 is 1.84 bits per heavy atom. The SMILES string of the molecule is COCCONC(c1ccccc1)c1ccccn1. The summed E-state index contributed by atoms with van der Waals surface area (Å²) in [5.74, 6) is 0. The third kappa shape index (κ3) is 4.13. The van der Waals surface area contributed by atoms with E-state index in [9.17, 15) is 0 Å². The average molecular weight is 258 g/mol. The number of aromatic nitrogens is 1. The van der Waals surface area contributed by atoms with Gasteiger partial charge in [-0.3, -0.25) is 9.82 Å². The fourth-order valence-electron chi connectivity index (χ4n) is 1.76. The van der Waals surface area contributed by atoms with E-state index in [1.54, 1.807) is 13.3 Å². The van der Waals surface area contributed by atoms with Gasteiger partial charge in [-0.05, 0) is 17.7 Å². The number of hydrogen-bond donors (Lipinski definition) is 1. The minimum atomic E-state index is -0.0840. The first-order valence-electron chi connectivity index (χ1n) is 6.24. The average Bonchev–Trinajstić information content (AvgIpc) is 2.49. The molecule has 0 aliphatic carbocycles. The predicted octanol–water partition coefficient (Wildman–Crippen LogP) is 2.34. The summed E-state index contributed by atoms with van der Waals surface area (Å²) in [6, 6.07) is 15.9. The van der Waals surface area contributed by atoms with Crippen molar-refractivity contribution in [3.8, 4) is 0 Å². The minimum absolute atomic E-state index is 0.0840. The second-order valence-electron chi connectivity index (χ2n) is 4.06. The lowest BCUT2D eigenvalue weighted by molar-refractivity contribution is -0.00630. The number of hydroxylamine groups is 1. The Morgan fingerprint density at radius 3 is 2.53 bits per heavy atom. The maximum Gasteiger partial charge on any atom is 0.0992 e. The van der Waals surface area contributed by atoms with Gasteiger partial charge in [-0.2, -0.15) is 5.48 Å². The lowest BCUT2D eigenvalue weighted by Gasteiger charge is -2.18. The highest BCUT2D eigenvalue weighted by Gasteiger charge is 2.14. The Hall–Kier alpha value is -1.75. The maximum absolute atomic E-state index is 5.43. The molecule has 2 aromatic rings. The van der Waals surface area contributed by atoms with Crippen molar-refractivity contribution in [2.24, 2.45) is 0 Å². The molecular formula is C15H18N2O2. The Bertz CT molecular complexity index is 423. The van der Waals surface area contributed by atoms with Crippen molar-refractivity contribution >= 4 is 0 Å². The number of benzene rings is 1. The van der Waals surface area contributed by atoms with E-state index in [1.165, 1.54) is 0 Å². The predicted molar refractivity (Wildman–Crippen MR) is 73.5 cm³/mol. The molecule has 0 fully saturated rings. The zero-order valence-electron chi connectivity index (χ0n) is 11.0. The molecule has 100 valence electrons. The lowest BCUT2D eigenvalue weighted by atomic mass is 10.0. The molecule has 1 atom stereocenters. The van der Waals surface area contributed by atoms with Gasteiger partial charge in [-0.25, -0.2) is 0 Å². The molecule has 19 heavy (non-hydrogen) atoms. The van der Waals surface area contributed by atoms with Crippen molar-refractivity contribution in [2.45, 2.75) is 6.04 Å². The van der Waals surface area contributed by atoms with Crippen molar-refractivity contribution < 1.29 is 9.57 Å². The van der Waals surface area contributed by atoms with Crippen LogP contribution in [0, 0.1) is 0 Å². The fraction of sp³-hybridized carbons (Fsp3) is 0.267. The van der Waals surface area contributed by atoms with Gasteiger partial charge >= 0.3 is 0 Å². The van der Waals surface area contributed by atoms with Crippen LogP contribution in [0.15, 0.2) is 54.7 Å². The number of nitrogens with one attached hydrogen (secondary N) is 1. The van der Waals surface area contributed by atoms with Crippen molar-refractivity contribution in [1.82, 2.24) is 10.5 Å². The summed E-state index contributed by atoms with van der Waals surface area (Å²) in [6.45, 7) is 1.05. The van der Waals surface area contributed by atoms with Crippen LogP contribution in [0.4, 0.5) is 0 Å². The monoisotopic (exact) mass is 258 g/mol. The smallest absolute Gasteiger partial charge is 0.0992 e. The molecule has 1 N–H and O–H groups in total. The minimum Gasteiger partial charge on any atom is -0.382 e. The molecular weight excluding hydrogens is 240 g/mol. The molecule has 0 saturated carbocycles. The van der Waals surface area contributed by atoms with Gasteiger partial charge in [0.15, 0.2) is 0 Å². The van der Waals surface area contributed by atoms with Gasteiger partial charge in [0.1, 0.15) is 0 Å². The van der Waals surface area contributed by atoms with Crippen LogP contribution in [0.5, 0.6) is 0 Å². The second kappa shape index (κ2) is 7.63. The molecule has 4 heteroatoms. The molecule has 1 unspecified atom stereocenters. The van der Waals surface area contributed by atoms with E-state index in [4.69, 9.17) is 9.57 Å². The van der Waals surface area contributed by atoms with E-state index in [1.807, 2.05) is 48.5 Å². The summed E-state index contributed by atoms with van der Waals surface area (Å²) in [5, 5.41) is 0. The molecule has 0 aliphatic rings. The van der Waals surface area contributed by atoms with Gasteiger partial charge in [0.25, 0.3) is 0 Å². The lowest BCUT2D eigenvalue weighted by Crippen LogP contribution is -2.25.